The summed E-state index contributed by atoms with van der Waals surface area (Å²) in [5, 5.41) is 1.49. The van der Waals surface area contributed by atoms with E-state index >= 15 is 0 Å². The van der Waals surface area contributed by atoms with Crippen LogP contribution in [0.1, 0.15) is 5.56 Å². The number of benzene rings is 2. The number of H-pyrrole nitrogens is 1. The Morgan fingerprint density at radius 3 is 2.62 bits per heavy atom. The van der Waals surface area contributed by atoms with Crippen LogP contribution >= 0.6 is 23.4 Å². The number of nitrogens with two attached hydrogens (primary N) is 1. The van der Waals surface area contributed by atoms with Gasteiger partial charge in [-0.05, 0) is 41.6 Å². The molecule has 0 aliphatic rings. The second-order valence-electron chi connectivity index (χ2n) is 5.86. The van der Waals surface area contributed by atoms with Crippen molar-refractivity contribution in [3.63, 3.8) is 0 Å². The summed E-state index contributed by atoms with van der Waals surface area (Å²) < 4.78 is 2.03. The fourth-order valence-corrected chi connectivity index (χ4v) is 3.61. The molecule has 0 unspecified atom stereocenters. The lowest BCUT2D eigenvalue weighted by Crippen LogP contribution is -2.36. The minimum atomic E-state index is 0.450. The molecule has 26 heavy (non-hydrogen) atoms. The van der Waals surface area contributed by atoms with Crippen molar-refractivity contribution in [1.29, 1.82) is 0 Å². The Bertz CT molecular complexity index is 1030. The van der Waals surface area contributed by atoms with Crippen LogP contribution in [0, 0.1) is 0 Å². The summed E-state index contributed by atoms with van der Waals surface area (Å²) in [5.41, 5.74) is 8.88. The number of hydrogen-bond acceptors (Lipinski definition) is 4. The van der Waals surface area contributed by atoms with Gasteiger partial charge in [0.25, 0.3) is 5.65 Å². The first-order valence-corrected chi connectivity index (χ1v) is 9.39. The van der Waals surface area contributed by atoms with E-state index in [1.165, 1.54) is 17.3 Å². The number of imidazole rings is 1. The maximum atomic E-state index is 6.04. The summed E-state index contributed by atoms with van der Waals surface area (Å²) >= 11 is 7.48. The molecule has 4 rings (SSSR count). The highest BCUT2D eigenvalue weighted by molar-refractivity contribution is 7.99. The van der Waals surface area contributed by atoms with Gasteiger partial charge in [0, 0.05) is 16.3 Å². The summed E-state index contributed by atoms with van der Waals surface area (Å²) in [5.74, 6) is 0.450. The number of nitrogen functional groups attached to an aromatic ring is 1. The molecule has 0 saturated heterocycles. The minimum Gasteiger partial charge on any atom is -0.368 e. The molecular formula is C19H17ClN5S+. The molecular weight excluding hydrogens is 366 g/mol. The van der Waals surface area contributed by atoms with Gasteiger partial charge in [-0.25, -0.2) is 4.57 Å². The number of fused-ring (bicyclic) bond motifs is 1. The topological polar surface area (TPSA) is 71.5 Å². The summed E-state index contributed by atoms with van der Waals surface area (Å²) in [7, 11) is 0. The molecule has 0 amide bonds. The van der Waals surface area contributed by atoms with E-state index in [4.69, 9.17) is 22.3 Å². The number of rotatable bonds is 5. The maximum absolute atomic E-state index is 6.04. The summed E-state index contributed by atoms with van der Waals surface area (Å²) in [4.78, 5) is 13.3. The van der Waals surface area contributed by atoms with Gasteiger partial charge in [0.05, 0.1) is 6.54 Å². The normalized spacial score (nSPS) is 11.1. The van der Waals surface area contributed by atoms with E-state index in [1.54, 1.807) is 6.33 Å². The lowest BCUT2D eigenvalue weighted by atomic mass is 10.1. The van der Waals surface area contributed by atoms with Crippen molar-refractivity contribution in [2.75, 3.05) is 5.73 Å². The van der Waals surface area contributed by atoms with Crippen molar-refractivity contribution in [3.05, 3.63) is 71.5 Å². The molecule has 7 heteroatoms. The monoisotopic (exact) mass is 382 g/mol. The van der Waals surface area contributed by atoms with Gasteiger partial charge in [-0.1, -0.05) is 51.9 Å². The molecule has 4 aromatic rings. The second kappa shape index (κ2) is 7.35. The first-order chi connectivity index (χ1) is 12.7. The van der Waals surface area contributed by atoms with Crippen molar-refractivity contribution >= 4 is 40.3 Å². The Labute approximate surface area is 160 Å². The van der Waals surface area contributed by atoms with Crippen LogP contribution in [0.25, 0.3) is 11.2 Å². The Hall–Kier alpha value is -2.57. The molecule has 0 saturated carbocycles. The Kier molecular flexibility index (Phi) is 4.77. The van der Waals surface area contributed by atoms with Crippen LogP contribution in [0.3, 0.4) is 0 Å². The predicted octanol–water partition coefficient (Wildman–Crippen LogP) is 3.87. The molecule has 2 heterocycles. The number of nitrogens with one attached hydrogen (secondary N) is 1. The SMILES string of the molecule is Nc1nc[n+](CCc2ccccc2)c2nc(Sc3ccc(Cl)cc3)[nH]c12. The highest BCUT2D eigenvalue weighted by Crippen LogP contribution is 2.28. The number of aryl methyl sites for hydroxylation is 2. The predicted molar refractivity (Wildman–Crippen MR) is 104 cm³/mol. The van der Waals surface area contributed by atoms with Gasteiger partial charge in [0.15, 0.2) is 5.52 Å². The Morgan fingerprint density at radius 1 is 1.08 bits per heavy atom. The molecule has 2 aromatic heterocycles. The second-order valence-corrected chi connectivity index (χ2v) is 7.35. The number of anilines is 1. The number of aromatic amines is 1. The molecule has 0 bridgehead atoms. The van der Waals surface area contributed by atoms with Crippen molar-refractivity contribution in [1.82, 2.24) is 15.0 Å². The van der Waals surface area contributed by atoms with Gasteiger partial charge in [0.2, 0.25) is 17.3 Å². The lowest BCUT2D eigenvalue weighted by Gasteiger charge is -2.02. The average molecular weight is 383 g/mol. The smallest absolute Gasteiger partial charge is 0.294 e. The first kappa shape index (κ1) is 16.9. The zero-order valence-corrected chi connectivity index (χ0v) is 15.5. The van der Waals surface area contributed by atoms with Gasteiger partial charge < -0.3 is 10.7 Å². The third-order valence-corrected chi connectivity index (χ3v) is 5.19. The van der Waals surface area contributed by atoms with Crippen LogP contribution in [0.2, 0.25) is 5.02 Å². The fraction of sp³-hybridized carbons (Fsp3) is 0.105. The molecule has 0 atom stereocenters. The largest absolute Gasteiger partial charge is 0.368 e. The van der Waals surface area contributed by atoms with E-state index < -0.39 is 0 Å². The third-order valence-electron chi connectivity index (χ3n) is 4.04. The highest BCUT2D eigenvalue weighted by atomic mass is 35.5. The van der Waals surface area contributed by atoms with Crippen molar-refractivity contribution < 1.29 is 4.57 Å². The standard InChI is InChI=1S/C19H16ClN5S/c20-14-6-8-15(9-7-14)26-19-23-16-17(21)22-12-25(18(16)24-19)11-10-13-4-2-1-3-5-13/h1-9,12H,10-11H2,(H2,21,23,24)/p+1. The van der Waals surface area contributed by atoms with Gasteiger partial charge in [-0.3, -0.25) is 0 Å². The van der Waals surface area contributed by atoms with Crippen LogP contribution in [0.5, 0.6) is 0 Å². The summed E-state index contributed by atoms with van der Waals surface area (Å²) in [6.45, 7) is 0.781. The van der Waals surface area contributed by atoms with Gasteiger partial charge in [-0.2, -0.15) is 0 Å². The molecule has 0 aliphatic heterocycles. The lowest BCUT2D eigenvalue weighted by molar-refractivity contribution is -0.675. The highest BCUT2D eigenvalue weighted by Gasteiger charge is 2.19. The number of aromatic nitrogens is 4. The van der Waals surface area contributed by atoms with Crippen LogP contribution in [-0.2, 0) is 13.0 Å². The Balaban J connectivity index is 1.61. The average Bonchev–Trinajstić information content (AvgIpc) is 3.09. The third kappa shape index (κ3) is 3.66. The van der Waals surface area contributed by atoms with E-state index in [2.05, 4.69) is 22.1 Å². The molecule has 2 aromatic carbocycles. The molecule has 0 fully saturated rings. The first-order valence-electron chi connectivity index (χ1n) is 8.20. The zero-order chi connectivity index (χ0) is 17.9. The molecule has 0 radical (unpaired) electrons. The van der Waals surface area contributed by atoms with Gasteiger partial charge in [-0.15, -0.1) is 0 Å². The molecule has 130 valence electrons. The fourth-order valence-electron chi connectivity index (χ4n) is 2.70. The summed E-state index contributed by atoms with van der Waals surface area (Å²) in [6.07, 6.45) is 2.65. The van der Waals surface area contributed by atoms with Gasteiger partial charge in [0.1, 0.15) is 0 Å². The number of halogens is 1. The van der Waals surface area contributed by atoms with Gasteiger partial charge >= 0.3 is 0 Å². The van der Waals surface area contributed by atoms with Crippen molar-refractivity contribution in [3.8, 4) is 0 Å². The van der Waals surface area contributed by atoms with Crippen molar-refractivity contribution in [2.24, 2.45) is 0 Å². The van der Waals surface area contributed by atoms with Crippen LogP contribution in [0.4, 0.5) is 5.82 Å². The summed E-state index contributed by atoms with van der Waals surface area (Å²) in [6, 6.07) is 18.0. The van der Waals surface area contributed by atoms with Crippen LogP contribution < -0.4 is 10.3 Å². The number of nitrogens with zero attached hydrogens (tertiary/aromatic N) is 3. The van der Waals surface area contributed by atoms with E-state index in [0.717, 1.165) is 34.2 Å². The molecule has 0 spiro atoms. The van der Waals surface area contributed by atoms with E-state index in [-0.39, 0.29) is 0 Å². The van der Waals surface area contributed by atoms with E-state index in [0.29, 0.717) is 10.8 Å². The zero-order valence-electron chi connectivity index (χ0n) is 13.9. The quantitative estimate of drug-likeness (QED) is 0.514. The number of hydrogen-bond donors (Lipinski definition) is 2. The molecule has 0 aliphatic carbocycles. The van der Waals surface area contributed by atoms with Crippen molar-refractivity contribution in [2.45, 2.75) is 23.0 Å². The maximum Gasteiger partial charge on any atom is 0.294 e. The molecule has 5 nitrogen and oxygen atoms in total. The van der Waals surface area contributed by atoms with E-state index in [1.807, 2.05) is 47.0 Å². The molecule has 3 N–H and O–H groups in total. The van der Waals surface area contributed by atoms with Crippen LogP contribution in [0.15, 0.2) is 71.0 Å². The van der Waals surface area contributed by atoms with Crippen LogP contribution in [-0.4, -0.2) is 15.0 Å². The van der Waals surface area contributed by atoms with E-state index in [9.17, 15) is 0 Å². The Morgan fingerprint density at radius 2 is 1.85 bits per heavy atom. The minimum absolute atomic E-state index is 0.450.